The van der Waals surface area contributed by atoms with Crippen molar-refractivity contribution in [3.8, 4) is 17.0 Å². The van der Waals surface area contributed by atoms with Crippen LogP contribution in [-0.2, 0) is 0 Å². The van der Waals surface area contributed by atoms with Gasteiger partial charge in [0.2, 0.25) is 0 Å². The number of phenols is 1. The highest BCUT2D eigenvalue weighted by Gasteiger charge is 2.22. The number of nitrogens with zero attached hydrogens (tertiary/aromatic N) is 2. The number of aliphatic imine (C=N–C) groups is 1. The largest absolute Gasteiger partial charge is 0.505 e. The molecule has 4 aromatic rings. The van der Waals surface area contributed by atoms with Gasteiger partial charge in [-0.15, -0.1) is 0 Å². The molecule has 0 radical (unpaired) electrons. The molecule has 0 aliphatic rings. The molecular weight excluding hydrogens is 366 g/mol. The molecule has 0 saturated heterocycles. The van der Waals surface area contributed by atoms with E-state index >= 15 is 0 Å². The third kappa shape index (κ3) is 2.79. The molecule has 0 atom stereocenters. The Bertz CT molecular complexity index is 1220. The van der Waals surface area contributed by atoms with Gasteiger partial charge in [0.25, 0.3) is 0 Å². The minimum absolute atomic E-state index is 0.0172. The van der Waals surface area contributed by atoms with Crippen molar-refractivity contribution in [3.05, 3.63) is 65.1 Å². The first-order valence-electron chi connectivity index (χ1n) is 8.43. The van der Waals surface area contributed by atoms with E-state index in [1.807, 2.05) is 24.3 Å². The summed E-state index contributed by atoms with van der Waals surface area (Å²) in [6.45, 7) is 3.57. The van der Waals surface area contributed by atoms with Crippen LogP contribution in [0.5, 0.6) is 5.75 Å². The number of aromatic hydroxyl groups is 1. The van der Waals surface area contributed by atoms with Crippen molar-refractivity contribution in [2.24, 2.45) is 10.7 Å². The molecule has 4 rings (SSSR count). The molecule has 0 bridgehead atoms. The number of aromatic amines is 1. The molecule has 142 valence electrons. The number of fused-ring (bicyclic) bond motifs is 1. The Morgan fingerprint density at radius 3 is 2.64 bits per heavy atom. The van der Waals surface area contributed by atoms with Gasteiger partial charge in [0.15, 0.2) is 17.4 Å². The lowest BCUT2D eigenvalue weighted by Gasteiger charge is -2.06. The average Bonchev–Trinajstić information content (AvgIpc) is 3.19. The van der Waals surface area contributed by atoms with Gasteiger partial charge in [-0.2, -0.15) is 0 Å². The lowest BCUT2D eigenvalue weighted by atomic mass is 10.0. The maximum atomic E-state index is 14.1. The quantitative estimate of drug-likeness (QED) is 0.360. The number of H-pyrrole nitrogens is 1. The lowest BCUT2D eigenvalue weighted by molar-refractivity contribution is 0.393. The van der Waals surface area contributed by atoms with Gasteiger partial charge in [-0.3, -0.25) is 0 Å². The number of benzene rings is 2. The number of aromatic nitrogens is 2. The van der Waals surface area contributed by atoms with Crippen LogP contribution in [0.3, 0.4) is 0 Å². The zero-order chi connectivity index (χ0) is 20.0. The summed E-state index contributed by atoms with van der Waals surface area (Å²) in [6, 6.07) is 8.87. The fourth-order valence-electron chi connectivity index (χ4n) is 3.23. The number of halogens is 2. The Kier molecular flexibility index (Phi) is 4.11. The number of para-hydroxylation sites is 1. The summed E-state index contributed by atoms with van der Waals surface area (Å²) >= 11 is 0. The third-order valence-corrected chi connectivity index (χ3v) is 4.50. The van der Waals surface area contributed by atoms with Crippen LogP contribution in [0.25, 0.3) is 22.2 Å². The predicted molar refractivity (Wildman–Crippen MR) is 102 cm³/mol. The van der Waals surface area contributed by atoms with Gasteiger partial charge in [-0.1, -0.05) is 23.4 Å². The molecule has 0 spiro atoms. The molecule has 0 unspecified atom stereocenters. The molecule has 4 N–H and O–H groups in total. The maximum absolute atomic E-state index is 14.1. The normalized spacial score (nSPS) is 12.1. The first-order valence-corrected chi connectivity index (χ1v) is 8.43. The molecule has 28 heavy (non-hydrogen) atoms. The monoisotopic (exact) mass is 382 g/mol. The van der Waals surface area contributed by atoms with Gasteiger partial charge in [0, 0.05) is 23.0 Å². The summed E-state index contributed by atoms with van der Waals surface area (Å²) in [4.78, 5) is 7.36. The molecule has 2 aromatic heterocycles. The molecule has 6 nitrogen and oxygen atoms in total. The van der Waals surface area contributed by atoms with E-state index < -0.39 is 17.4 Å². The summed E-state index contributed by atoms with van der Waals surface area (Å²) in [5.74, 6) is -2.10. The van der Waals surface area contributed by atoms with Gasteiger partial charge in [0.05, 0.1) is 22.5 Å². The van der Waals surface area contributed by atoms with E-state index in [1.165, 1.54) is 0 Å². The number of hydrogen-bond donors (Lipinski definition) is 3. The van der Waals surface area contributed by atoms with Gasteiger partial charge in [-0.05, 0) is 19.9 Å². The first kappa shape index (κ1) is 17.7. The van der Waals surface area contributed by atoms with E-state index in [9.17, 15) is 13.9 Å². The van der Waals surface area contributed by atoms with Gasteiger partial charge in [0.1, 0.15) is 17.3 Å². The van der Waals surface area contributed by atoms with Crippen LogP contribution in [-0.4, -0.2) is 21.1 Å². The predicted octanol–water partition coefficient (Wildman–Crippen LogP) is 4.46. The van der Waals surface area contributed by atoms with E-state index in [-0.39, 0.29) is 11.5 Å². The average molecular weight is 382 g/mol. The van der Waals surface area contributed by atoms with E-state index in [4.69, 9.17) is 10.3 Å². The summed E-state index contributed by atoms with van der Waals surface area (Å²) in [5.41, 5.74) is 9.23. The molecule has 2 heterocycles. The van der Waals surface area contributed by atoms with Crippen LogP contribution in [0, 0.1) is 25.5 Å². The highest BCUT2D eigenvalue weighted by Crippen LogP contribution is 2.35. The Morgan fingerprint density at radius 2 is 1.93 bits per heavy atom. The summed E-state index contributed by atoms with van der Waals surface area (Å²) in [5, 5.41) is 14.0. The second-order valence-electron chi connectivity index (χ2n) is 6.37. The Morgan fingerprint density at radius 1 is 1.18 bits per heavy atom. The van der Waals surface area contributed by atoms with Crippen molar-refractivity contribution in [1.29, 1.82) is 0 Å². The maximum Gasteiger partial charge on any atom is 0.167 e. The highest BCUT2D eigenvalue weighted by atomic mass is 19.1. The van der Waals surface area contributed by atoms with Crippen LogP contribution in [0.1, 0.15) is 17.0 Å². The summed E-state index contributed by atoms with van der Waals surface area (Å²) in [7, 11) is 0. The first-order chi connectivity index (χ1) is 13.4. The van der Waals surface area contributed by atoms with Crippen molar-refractivity contribution in [3.63, 3.8) is 0 Å². The van der Waals surface area contributed by atoms with Crippen LogP contribution < -0.4 is 5.73 Å². The highest BCUT2D eigenvalue weighted by molar-refractivity contribution is 6.15. The topological polar surface area (TPSA) is 100 Å². The lowest BCUT2D eigenvalue weighted by Crippen LogP contribution is -2.14. The standard InChI is InChI=1S/C20H16F2N4O2/c1-9-17(10(2)28-26-9)19-18(11-5-3-4-6-14(11)24-19)20(23)25-15-7-13(22)16(27)8-12(15)21/h3-8,24,27H,1-2H3,(H2,23,25). The van der Waals surface area contributed by atoms with Crippen molar-refractivity contribution in [2.75, 3.05) is 0 Å². The van der Waals surface area contributed by atoms with E-state index in [1.54, 1.807) is 13.8 Å². The Labute approximate surface area is 158 Å². The fraction of sp³-hybridized carbons (Fsp3) is 0.100. The minimum atomic E-state index is -0.988. The summed E-state index contributed by atoms with van der Waals surface area (Å²) in [6.07, 6.45) is 0. The number of aryl methyl sites for hydroxylation is 2. The zero-order valence-electron chi connectivity index (χ0n) is 15.0. The minimum Gasteiger partial charge on any atom is -0.505 e. The second kappa shape index (κ2) is 6.49. The van der Waals surface area contributed by atoms with E-state index in [0.29, 0.717) is 28.8 Å². The number of hydrogen-bond acceptors (Lipinski definition) is 4. The Balaban J connectivity index is 1.98. The molecule has 0 fully saturated rings. The zero-order valence-corrected chi connectivity index (χ0v) is 15.0. The third-order valence-electron chi connectivity index (χ3n) is 4.50. The summed E-state index contributed by atoms with van der Waals surface area (Å²) < 4.78 is 33.0. The SMILES string of the molecule is Cc1noc(C)c1-c1[nH]c2ccccc2c1C(N)=Nc1cc(F)c(O)cc1F. The van der Waals surface area contributed by atoms with Crippen LogP contribution in [0.4, 0.5) is 14.5 Å². The van der Waals surface area contributed by atoms with E-state index in [2.05, 4.69) is 15.1 Å². The number of nitrogens with two attached hydrogens (primary N) is 1. The second-order valence-corrected chi connectivity index (χ2v) is 6.37. The van der Waals surface area contributed by atoms with Crippen molar-refractivity contribution >= 4 is 22.4 Å². The Hall–Kier alpha value is -3.68. The van der Waals surface area contributed by atoms with Crippen molar-refractivity contribution < 1.29 is 18.4 Å². The number of phenolic OH excluding ortho intramolecular Hbond substituents is 1. The van der Waals surface area contributed by atoms with Crippen molar-refractivity contribution in [2.45, 2.75) is 13.8 Å². The van der Waals surface area contributed by atoms with Crippen LogP contribution in [0.2, 0.25) is 0 Å². The molecule has 8 heteroatoms. The molecule has 0 saturated carbocycles. The van der Waals surface area contributed by atoms with Gasteiger partial charge < -0.3 is 20.3 Å². The van der Waals surface area contributed by atoms with Crippen molar-refractivity contribution in [1.82, 2.24) is 10.1 Å². The smallest absolute Gasteiger partial charge is 0.167 e. The van der Waals surface area contributed by atoms with Crippen LogP contribution in [0.15, 0.2) is 45.9 Å². The number of nitrogens with one attached hydrogen (secondary N) is 1. The van der Waals surface area contributed by atoms with Gasteiger partial charge >= 0.3 is 0 Å². The fourth-order valence-corrected chi connectivity index (χ4v) is 3.23. The van der Waals surface area contributed by atoms with Crippen LogP contribution >= 0.6 is 0 Å². The molecule has 0 aliphatic carbocycles. The molecule has 0 aliphatic heterocycles. The van der Waals surface area contributed by atoms with Gasteiger partial charge in [-0.25, -0.2) is 13.8 Å². The molecule has 2 aromatic carbocycles. The molecular formula is C20H16F2N4O2. The molecule has 0 amide bonds. The number of rotatable bonds is 3. The number of amidine groups is 1. The van der Waals surface area contributed by atoms with E-state index in [0.717, 1.165) is 22.5 Å².